The van der Waals surface area contributed by atoms with E-state index < -0.39 is 0 Å². The van der Waals surface area contributed by atoms with Crippen LogP contribution in [-0.2, 0) is 0 Å². The minimum atomic E-state index is -0.227. The van der Waals surface area contributed by atoms with E-state index in [4.69, 9.17) is 0 Å². The van der Waals surface area contributed by atoms with Gasteiger partial charge >= 0.3 is 0 Å². The van der Waals surface area contributed by atoms with E-state index in [2.05, 4.69) is 15.0 Å². The smallest absolute Gasteiger partial charge is 0.222 e. The normalized spacial score (nSPS) is 14.2. The van der Waals surface area contributed by atoms with Crippen molar-refractivity contribution in [3.63, 3.8) is 0 Å². The van der Waals surface area contributed by atoms with Gasteiger partial charge in [-0.15, -0.1) is 0 Å². The summed E-state index contributed by atoms with van der Waals surface area (Å²) in [6.07, 6.45) is 1.57. The van der Waals surface area contributed by atoms with Crippen LogP contribution in [0.25, 0.3) is 11.0 Å². The zero-order valence-electron chi connectivity index (χ0n) is 9.56. The topological polar surface area (TPSA) is 42.5 Å². The third-order valence-electron chi connectivity index (χ3n) is 3.12. The number of imidazole rings is 1. The highest BCUT2D eigenvalue weighted by Gasteiger charge is 2.14. The fraction of sp³-hybridized carbons (Fsp3) is 0.0714. The summed E-state index contributed by atoms with van der Waals surface area (Å²) in [6.45, 7) is 0. The van der Waals surface area contributed by atoms with Crippen LogP contribution in [-0.4, -0.2) is 9.55 Å². The second-order valence-electron chi connectivity index (χ2n) is 4.23. The second kappa shape index (κ2) is 3.50. The molecule has 2 aromatic carbocycles. The Kier molecular flexibility index (Phi) is 1.85. The Balaban J connectivity index is 1.94. The predicted molar refractivity (Wildman–Crippen MR) is 67.5 cm³/mol. The Labute approximate surface area is 103 Å². The van der Waals surface area contributed by atoms with Gasteiger partial charge in [0.05, 0.1) is 28.1 Å². The maximum absolute atomic E-state index is 4.60. The van der Waals surface area contributed by atoms with Gasteiger partial charge in [-0.25, -0.2) is 15.0 Å². The molecule has 0 fully saturated rings. The molecule has 0 spiro atoms. The van der Waals surface area contributed by atoms with Gasteiger partial charge in [0.2, 0.25) is 6.29 Å². The molecule has 0 radical (unpaired) electrons. The first kappa shape index (κ1) is 9.53. The van der Waals surface area contributed by atoms with Crippen LogP contribution >= 0.6 is 0 Å². The van der Waals surface area contributed by atoms with E-state index in [1.165, 1.54) is 0 Å². The summed E-state index contributed by atoms with van der Waals surface area (Å²) in [5, 5.41) is 1.89. The summed E-state index contributed by atoms with van der Waals surface area (Å²) in [5.41, 5.74) is 2.03. The molecule has 2 heterocycles. The number of rotatable bonds is 1. The van der Waals surface area contributed by atoms with Gasteiger partial charge in [-0.1, -0.05) is 24.3 Å². The minimum absolute atomic E-state index is 0.227. The Morgan fingerprint density at radius 3 is 2.28 bits per heavy atom. The SMILES string of the molecule is c1ccc2c(c1)=NC(n1cnc3ccccc31)N=2. The number of fused-ring (bicyclic) bond motifs is 2. The van der Waals surface area contributed by atoms with Crippen molar-refractivity contribution in [1.82, 2.24) is 9.55 Å². The van der Waals surface area contributed by atoms with Crippen molar-refractivity contribution in [2.45, 2.75) is 6.29 Å². The highest BCUT2D eigenvalue weighted by Crippen LogP contribution is 2.19. The van der Waals surface area contributed by atoms with Crippen LogP contribution in [0.4, 0.5) is 0 Å². The first-order chi connectivity index (χ1) is 8.92. The highest BCUT2D eigenvalue weighted by molar-refractivity contribution is 5.75. The van der Waals surface area contributed by atoms with Crippen molar-refractivity contribution < 1.29 is 0 Å². The summed E-state index contributed by atoms with van der Waals surface area (Å²) >= 11 is 0. The van der Waals surface area contributed by atoms with Crippen molar-refractivity contribution in [3.8, 4) is 0 Å². The zero-order valence-corrected chi connectivity index (χ0v) is 9.56. The number of hydrogen-bond acceptors (Lipinski definition) is 3. The molecule has 1 aliphatic heterocycles. The fourth-order valence-electron chi connectivity index (χ4n) is 2.25. The van der Waals surface area contributed by atoms with Gasteiger partial charge < -0.3 is 0 Å². The number of aromatic nitrogens is 2. The van der Waals surface area contributed by atoms with E-state index in [-0.39, 0.29) is 6.29 Å². The third kappa shape index (κ3) is 1.29. The molecule has 18 heavy (non-hydrogen) atoms. The zero-order chi connectivity index (χ0) is 11.9. The van der Waals surface area contributed by atoms with E-state index in [9.17, 15) is 0 Å². The van der Waals surface area contributed by atoms with Crippen molar-refractivity contribution in [2.75, 3.05) is 0 Å². The molecule has 0 unspecified atom stereocenters. The number of para-hydroxylation sites is 4. The van der Waals surface area contributed by atoms with E-state index in [1.54, 1.807) is 6.33 Å². The molecular formula is C14H10N4. The van der Waals surface area contributed by atoms with Crippen LogP contribution in [0.1, 0.15) is 6.29 Å². The summed E-state index contributed by atoms with van der Waals surface area (Å²) in [7, 11) is 0. The van der Waals surface area contributed by atoms with Crippen molar-refractivity contribution in [2.24, 2.45) is 9.98 Å². The molecule has 0 bridgehead atoms. The minimum Gasteiger partial charge on any atom is -0.288 e. The van der Waals surface area contributed by atoms with E-state index >= 15 is 0 Å². The quantitative estimate of drug-likeness (QED) is 0.628. The maximum atomic E-state index is 4.60. The van der Waals surface area contributed by atoms with Crippen LogP contribution in [0.3, 0.4) is 0 Å². The molecule has 86 valence electrons. The number of hydrogen-bond donors (Lipinski definition) is 0. The van der Waals surface area contributed by atoms with Gasteiger partial charge in [-0.2, -0.15) is 0 Å². The molecule has 4 nitrogen and oxygen atoms in total. The molecule has 0 amide bonds. The molecular weight excluding hydrogens is 224 g/mol. The van der Waals surface area contributed by atoms with Crippen LogP contribution in [0.2, 0.25) is 0 Å². The summed E-state index contributed by atoms with van der Waals surface area (Å²) < 4.78 is 2.00. The molecule has 0 saturated heterocycles. The molecule has 0 N–H and O–H groups in total. The van der Waals surface area contributed by atoms with Crippen molar-refractivity contribution in [3.05, 3.63) is 65.6 Å². The van der Waals surface area contributed by atoms with Gasteiger partial charge in [0.1, 0.15) is 0 Å². The molecule has 0 atom stereocenters. The molecule has 4 heteroatoms. The molecule has 0 aliphatic carbocycles. The lowest BCUT2D eigenvalue weighted by molar-refractivity contribution is 0.560. The van der Waals surface area contributed by atoms with Crippen molar-refractivity contribution in [1.29, 1.82) is 0 Å². The molecule has 0 saturated carbocycles. The summed E-state index contributed by atoms with van der Waals surface area (Å²) in [5.74, 6) is 0. The Morgan fingerprint density at radius 1 is 0.833 bits per heavy atom. The first-order valence-electron chi connectivity index (χ1n) is 5.84. The van der Waals surface area contributed by atoms with Crippen LogP contribution < -0.4 is 10.7 Å². The highest BCUT2D eigenvalue weighted by atomic mass is 15.3. The lowest BCUT2D eigenvalue weighted by Crippen LogP contribution is -2.19. The van der Waals surface area contributed by atoms with E-state index in [0.717, 1.165) is 21.7 Å². The summed E-state index contributed by atoms with van der Waals surface area (Å²) in [4.78, 5) is 13.6. The maximum Gasteiger partial charge on any atom is 0.222 e. The monoisotopic (exact) mass is 234 g/mol. The lowest BCUT2D eigenvalue weighted by Gasteiger charge is -2.06. The van der Waals surface area contributed by atoms with Gasteiger partial charge in [-0.05, 0) is 24.3 Å². The van der Waals surface area contributed by atoms with Gasteiger partial charge in [0.25, 0.3) is 0 Å². The van der Waals surface area contributed by atoms with Gasteiger partial charge in [0, 0.05) is 0 Å². The van der Waals surface area contributed by atoms with Crippen LogP contribution in [0, 0.1) is 0 Å². The van der Waals surface area contributed by atoms with Gasteiger partial charge in [0.15, 0.2) is 0 Å². The molecule has 1 aliphatic rings. The summed E-state index contributed by atoms with van der Waals surface area (Å²) in [6, 6.07) is 15.9. The lowest BCUT2D eigenvalue weighted by atomic mass is 10.3. The molecule has 4 rings (SSSR count). The van der Waals surface area contributed by atoms with Crippen molar-refractivity contribution >= 4 is 11.0 Å². The second-order valence-corrected chi connectivity index (χ2v) is 4.23. The molecule has 3 aromatic rings. The average Bonchev–Trinajstić information content (AvgIpc) is 3.02. The molecule has 1 aromatic heterocycles. The van der Waals surface area contributed by atoms with Crippen LogP contribution in [0.5, 0.6) is 0 Å². The van der Waals surface area contributed by atoms with E-state index in [1.807, 2.05) is 53.1 Å². The first-order valence-corrected chi connectivity index (χ1v) is 5.84. The average molecular weight is 234 g/mol. The Morgan fingerprint density at radius 2 is 1.50 bits per heavy atom. The Hall–Kier alpha value is -2.49. The Bertz CT molecular complexity index is 812. The van der Waals surface area contributed by atoms with Gasteiger partial charge in [-0.3, -0.25) is 4.57 Å². The predicted octanol–water partition coefficient (Wildman–Crippen LogP) is 1.45. The standard InChI is InChI=1S/C14H10N4/c1-2-6-11-10(5-1)16-14(17-11)18-9-15-12-7-3-4-8-13(12)18/h1-9,14H. The third-order valence-corrected chi connectivity index (χ3v) is 3.12. The largest absolute Gasteiger partial charge is 0.288 e. The van der Waals surface area contributed by atoms with E-state index in [0.29, 0.717) is 0 Å². The fourth-order valence-corrected chi connectivity index (χ4v) is 2.25. The number of benzene rings is 2. The number of nitrogens with zero attached hydrogens (tertiary/aromatic N) is 4. The van der Waals surface area contributed by atoms with Crippen LogP contribution in [0.15, 0.2) is 64.8 Å².